The lowest BCUT2D eigenvalue weighted by Crippen LogP contribution is -2.65. The summed E-state index contributed by atoms with van der Waals surface area (Å²) >= 11 is 4.93. The molecule has 0 aliphatic carbocycles. The third kappa shape index (κ3) is 3.94. The van der Waals surface area contributed by atoms with E-state index in [-0.39, 0.29) is 12.6 Å². The van der Waals surface area contributed by atoms with Gasteiger partial charge in [-0.25, -0.2) is 9.59 Å². The van der Waals surface area contributed by atoms with E-state index in [0.717, 1.165) is 9.35 Å². The van der Waals surface area contributed by atoms with Crippen molar-refractivity contribution in [1.82, 2.24) is 10.2 Å². The van der Waals surface area contributed by atoms with Crippen molar-refractivity contribution in [3.05, 3.63) is 20.8 Å². The number of hydrogen-bond donors (Lipinski definition) is 2. The van der Waals surface area contributed by atoms with Gasteiger partial charge in [0.25, 0.3) is 0 Å². The van der Waals surface area contributed by atoms with Crippen LogP contribution in [-0.4, -0.2) is 47.3 Å². The molecule has 110 valence electrons. The lowest BCUT2D eigenvalue weighted by atomic mass is 9.97. The van der Waals surface area contributed by atoms with E-state index in [0.29, 0.717) is 19.6 Å². The van der Waals surface area contributed by atoms with Gasteiger partial charge in [0.15, 0.2) is 0 Å². The summed E-state index contributed by atoms with van der Waals surface area (Å²) in [5.41, 5.74) is -0.554. The zero-order valence-electron chi connectivity index (χ0n) is 10.9. The number of ether oxygens (including phenoxy) is 1. The molecule has 0 radical (unpaired) electrons. The minimum Gasteiger partial charge on any atom is -0.480 e. The van der Waals surface area contributed by atoms with Crippen molar-refractivity contribution in [3.63, 3.8) is 0 Å². The van der Waals surface area contributed by atoms with Crippen LogP contribution < -0.4 is 5.32 Å². The highest BCUT2D eigenvalue weighted by molar-refractivity contribution is 9.10. The van der Waals surface area contributed by atoms with Gasteiger partial charge in [0, 0.05) is 14.7 Å². The normalized spacial score (nSPS) is 16.6. The van der Waals surface area contributed by atoms with Gasteiger partial charge >= 0.3 is 12.0 Å². The molecule has 1 aromatic rings. The van der Waals surface area contributed by atoms with Crippen LogP contribution in [0.15, 0.2) is 15.9 Å². The number of carbonyl (C=O) groups excluding carboxylic acids is 1. The maximum Gasteiger partial charge on any atom is 0.329 e. The van der Waals surface area contributed by atoms with E-state index >= 15 is 0 Å². The molecule has 8 heteroatoms. The minimum absolute atomic E-state index is 0.161. The molecule has 2 rings (SSSR count). The number of urea groups is 1. The molecule has 0 bridgehead atoms. The Labute approximate surface area is 128 Å². The largest absolute Gasteiger partial charge is 0.480 e. The topological polar surface area (TPSA) is 78.9 Å². The fourth-order valence-electron chi connectivity index (χ4n) is 1.95. The number of nitrogens with one attached hydrogen (secondary N) is 1. The van der Waals surface area contributed by atoms with Crippen LogP contribution in [0.5, 0.6) is 0 Å². The Hall–Kier alpha value is -1.12. The molecular formula is C12H15BrN2O4S. The number of carboxylic acid groups (broad SMARTS) is 1. The fourth-order valence-corrected chi connectivity index (χ4v) is 3.34. The maximum atomic E-state index is 11.9. The highest BCUT2D eigenvalue weighted by Crippen LogP contribution is 2.25. The number of aliphatic carboxylic acids is 1. The van der Waals surface area contributed by atoms with Gasteiger partial charge < -0.3 is 20.1 Å². The number of nitrogens with zero attached hydrogens (tertiary/aromatic N) is 1. The summed E-state index contributed by atoms with van der Waals surface area (Å²) in [4.78, 5) is 25.0. The van der Waals surface area contributed by atoms with E-state index in [1.807, 2.05) is 11.4 Å². The van der Waals surface area contributed by atoms with Crippen molar-refractivity contribution < 1.29 is 19.4 Å². The molecule has 1 fully saturated rings. The van der Waals surface area contributed by atoms with Crippen molar-refractivity contribution in [2.45, 2.75) is 19.1 Å². The van der Waals surface area contributed by atoms with Crippen molar-refractivity contribution in [2.75, 3.05) is 19.7 Å². The first-order chi connectivity index (χ1) is 9.38. The Bertz CT molecular complexity index is 513. The monoisotopic (exact) mass is 362 g/mol. The molecule has 0 unspecified atom stereocenters. The van der Waals surface area contributed by atoms with Gasteiger partial charge in [0.05, 0.1) is 19.6 Å². The van der Waals surface area contributed by atoms with Gasteiger partial charge in [-0.3, -0.25) is 0 Å². The van der Waals surface area contributed by atoms with Gasteiger partial charge in [-0.05, 0) is 28.9 Å². The SMILES string of the molecule is CC1(OCC(=O)O)CN(C(=O)NCc2cc(Br)cs2)C1. The van der Waals surface area contributed by atoms with Crippen LogP contribution >= 0.6 is 27.3 Å². The van der Waals surface area contributed by atoms with Crippen LogP contribution in [-0.2, 0) is 16.1 Å². The van der Waals surface area contributed by atoms with Crippen LogP contribution in [0.2, 0.25) is 0 Å². The summed E-state index contributed by atoms with van der Waals surface area (Å²) in [6.45, 7) is 2.75. The lowest BCUT2D eigenvalue weighted by Gasteiger charge is -2.46. The van der Waals surface area contributed by atoms with Gasteiger partial charge in [-0.1, -0.05) is 0 Å². The number of hydrogen-bond acceptors (Lipinski definition) is 4. The highest BCUT2D eigenvalue weighted by Gasteiger charge is 2.42. The van der Waals surface area contributed by atoms with E-state index < -0.39 is 11.6 Å². The second kappa shape index (κ2) is 6.11. The molecule has 2 heterocycles. The Morgan fingerprint density at radius 3 is 2.85 bits per heavy atom. The molecule has 0 atom stereocenters. The molecule has 2 amide bonds. The molecule has 0 spiro atoms. The number of rotatable bonds is 5. The minimum atomic E-state index is -1.00. The van der Waals surface area contributed by atoms with Crippen LogP contribution in [0.25, 0.3) is 0 Å². The first kappa shape index (κ1) is 15.3. The van der Waals surface area contributed by atoms with Gasteiger partial charge in [-0.15, -0.1) is 11.3 Å². The first-order valence-electron chi connectivity index (χ1n) is 5.99. The molecule has 1 aliphatic rings. The standard InChI is InChI=1S/C12H15BrN2O4S/c1-12(19-4-10(16)17)6-15(7-12)11(18)14-3-9-2-8(13)5-20-9/h2,5H,3-4,6-7H2,1H3,(H,14,18)(H,16,17). The molecule has 1 aromatic heterocycles. The van der Waals surface area contributed by atoms with Crippen LogP contribution in [0.4, 0.5) is 4.79 Å². The molecule has 1 aliphatic heterocycles. The predicted molar refractivity (Wildman–Crippen MR) is 77.8 cm³/mol. The number of thiophene rings is 1. The lowest BCUT2D eigenvalue weighted by molar-refractivity contribution is -0.159. The summed E-state index contributed by atoms with van der Waals surface area (Å²) in [6, 6.07) is 1.80. The second-order valence-electron chi connectivity index (χ2n) is 4.88. The zero-order valence-corrected chi connectivity index (χ0v) is 13.3. The number of likely N-dealkylation sites (tertiary alicyclic amines) is 1. The molecule has 6 nitrogen and oxygen atoms in total. The predicted octanol–water partition coefficient (Wildman–Crippen LogP) is 1.90. The quantitative estimate of drug-likeness (QED) is 0.838. The Balaban J connectivity index is 1.72. The maximum absolute atomic E-state index is 11.9. The van der Waals surface area contributed by atoms with E-state index in [1.54, 1.807) is 23.2 Å². The molecule has 1 saturated heterocycles. The van der Waals surface area contributed by atoms with Gasteiger partial charge in [0.1, 0.15) is 12.2 Å². The van der Waals surface area contributed by atoms with Crippen LogP contribution in [0.1, 0.15) is 11.8 Å². The third-order valence-electron chi connectivity index (χ3n) is 2.92. The average molecular weight is 363 g/mol. The Morgan fingerprint density at radius 1 is 1.60 bits per heavy atom. The Morgan fingerprint density at radius 2 is 2.30 bits per heavy atom. The van der Waals surface area contributed by atoms with Crippen molar-refractivity contribution in [3.8, 4) is 0 Å². The first-order valence-corrected chi connectivity index (χ1v) is 7.67. The van der Waals surface area contributed by atoms with Gasteiger partial charge in [0.2, 0.25) is 0 Å². The second-order valence-corrected chi connectivity index (χ2v) is 6.79. The number of carboxylic acids is 1. The molecule has 2 N–H and O–H groups in total. The van der Waals surface area contributed by atoms with Gasteiger partial charge in [-0.2, -0.15) is 0 Å². The summed E-state index contributed by atoms with van der Waals surface area (Å²) in [6.07, 6.45) is 0. The highest BCUT2D eigenvalue weighted by atomic mass is 79.9. The molecule has 0 saturated carbocycles. The van der Waals surface area contributed by atoms with Crippen molar-refractivity contribution >= 4 is 39.3 Å². The van der Waals surface area contributed by atoms with E-state index in [1.165, 1.54) is 0 Å². The molecular weight excluding hydrogens is 348 g/mol. The zero-order chi connectivity index (χ0) is 14.8. The third-order valence-corrected chi connectivity index (χ3v) is 4.62. The van der Waals surface area contributed by atoms with E-state index in [9.17, 15) is 9.59 Å². The summed E-state index contributed by atoms with van der Waals surface area (Å²) in [5.74, 6) is -1.00. The summed E-state index contributed by atoms with van der Waals surface area (Å²) < 4.78 is 6.25. The van der Waals surface area contributed by atoms with Crippen LogP contribution in [0, 0.1) is 0 Å². The number of halogens is 1. The van der Waals surface area contributed by atoms with E-state index in [2.05, 4.69) is 21.2 Å². The van der Waals surface area contributed by atoms with Crippen molar-refractivity contribution in [1.29, 1.82) is 0 Å². The van der Waals surface area contributed by atoms with Crippen LogP contribution in [0.3, 0.4) is 0 Å². The smallest absolute Gasteiger partial charge is 0.329 e. The van der Waals surface area contributed by atoms with Crippen molar-refractivity contribution in [2.24, 2.45) is 0 Å². The molecule has 20 heavy (non-hydrogen) atoms. The number of amides is 2. The Kier molecular flexibility index (Phi) is 4.66. The molecule has 0 aromatic carbocycles. The average Bonchev–Trinajstić information content (AvgIpc) is 2.76. The summed E-state index contributed by atoms with van der Waals surface area (Å²) in [7, 11) is 0. The summed E-state index contributed by atoms with van der Waals surface area (Å²) in [5, 5.41) is 13.3. The number of carbonyl (C=O) groups is 2. The fraction of sp³-hybridized carbons (Fsp3) is 0.500. The van der Waals surface area contributed by atoms with E-state index in [4.69, 9.17) is 9.84 Å².